The second-order valence-electron chi connectivity index (χ2n) is 3.94. The van der Waals surface area contributed by atoms with Crippen LogP contribution in [0.15, 0.2) is 4.99 Å². The molecule has 0 aliphatic heterocycles. The van der Waals surface area contributed by atoms with Gasteiger partial charge in [-0.15, -0.1) is 24.0 Å². The number of nitrogens with zero attached hydrogens (tertiary/aromatic N) is 1. The summed E-state index contributed by atoms with van der Waals surface area (Å²) in [5.74, 6) is 0.825. The molecule has 0 aromatic carbocycles. The topological polar surface area (TPSA) is 54.9 Å². The summed E-state index contributed by atoms with van der Waals surface area (Å²) in [6, 6.07) is 0. The van der Waals surface area contributed by atoms with Crippen molar-refractivity contribution in [2.24, 2.45) is 4.99 Å². The maximum Gasteiger partial charge on any atom is 0.191 e. The summed E-state index contributed by atoms with van der Waals surface area (Å²) in [6.45, 7) is 8.97. The molecule has 6 heteroatoms. The van der Waals surface area contributed by atoms with E-state index in [2.05, 4.69) is 22.5 Å². The lowest BCUT2D eigenvalue weighted by molar-refractivity contribution is 0.135. The van der Waals surface area contributed by atoms with E-state index in [1.807, 2.05) is 6.92 Å². The fourth-order valence-electron chi connectivity index (χ4n) is 1.34. The highest BCUT2D eigenvalue weighted by atomic mass is 127. The molecular weight excluding hydrogens is 357 g/mol. The van der Waals surface area contributed by atoms with Crippen LogP contribution in [0.25, 0.3) is 0 Å². The number of rotatable bonds is 11. The average Bonchev–Trinajstić information content (AvgIpc) is 2.40. The molecule has 0 heterocycles. The number of hydrogen-bond acceptors (Lipinski definition) is 3. The van der Waals surface area contributed by atoms with Gasteiger partial charge in [0.2, 0.25) is 0 Å². The third kappa shape index (κ3) is 15.9. The van der Waals surface area contributed by atoms with Crippen molar-refractivity contribution in [2.45, 2.75) is 33.1 Å². The second-order valence-corrected chi connectivity index (χ2v) is 3.94. The van der Waals surface area contributed by atoms with Crippen LogP contribution < -0.4 is 10.6 Å². The monoisotopic (exact) mass is 387 g/mol. The standard InChI is InChI=1S/C13H29N3O2.HI/c1-4-6-10-18-12-9-16-13(14-3)15-8-7-11-17-5-2;/h4-12H2,1-3H3,(H2,14,15,16);1H. The summed E-state index contributed by atoms with van der Waals surface area (Å²) in [4.78, 5) is 4.14. The second kappa shape index (κ2) is 17.9. The predicted molar refractivity (Wildman–Crippen MR) is 91.6 cm³/mol. The Hall–Kier alpha value is -0.0800. The van der Waals surface area contributed by atoms with Crippen molar-refractivity contribution in [3.63, 3.8) is 0 Å². The zero-order chi connectivity index (χ0) is 13.5. The molecular formula is C13H30IN3O2. The highest BCUT2D eigenvalue weighted by molar-refractivity contribution is 14.0. The highest BCUT2D eigenvalue weighted by Crippen LogP contribution is 1.86. The molecule has 2 N–H and O–H groups in total. The fourth-order valence-corrected chi connectivity index (χ4v) is 1.34. The van der Waals surface area contributed by atoms with Gasteiger partial charge in [0, 0.05) is 40.0 Å². The van der Waals surface area contributed by atoms with Crippen LogP contribution in [0.3, 0.4) is 0 Å². The van der Waals surface area contributed by atoms with Crippen molar-refractivity contribution in [1.82, 2.24) is 10.6 Å². The number of hydrogen-bond donors (Lipinski definition) is 2. The SMILES string of the molecule is CCCCOCCNC(=NC)NCCCOCC.I. The number of halogens is 1. The quantitative estimate of drug-likeness (QED) is 0.247. The largest absolute Gasteiger partial charge is 0.382 e. The van der Waals surface area contributed by atoms with Crippen molar-refractivity contribution in [1.29, 1.82) is 0 Å². The third-order valence-electron chi connectivity index (χ3n) is 2.37. The lowest BCUT2D eigenvalue weighted by atomic mass is 10.4. The smallest absolute Gasteiger partial charge is 0.191 e. The average molecular weight is 387 g/mol. The first kappa shape index (κ1) is 21.2. The van der Waals surface area contributed by atoms with Gasteiger partial charge in [0.25, 0.3) is 0 Å². The summed E-state index contributed by atoms with van der Waals surface area (Å²) in [6.07, 6.45) is 3.29. The Bertz CT molecular complexity index is 204. The summed E-state index contributed by atoms with van der Waals surface area (Å²) in [5, 5.41) is 6.44. The lowest BCUT2D eigenvalue weighted by Gasteiger charge is -2.11. The van der Waals surface area contributed by atoms with Crippen LogP contribution in [0.2, 0.25) is 0 Å². The van der Waals surface area contributed by atoms with E-state index in [1.165, 1.54) is 6.42 Å². The van der Waals surface area contributed by atoms with Crippen molar-refractivity contribution in [2.75, 3.05) is 46.6 Å². The molecule has 0 fully saturated rings. The molecule has 0 spiro atoms. The van der Waals surface area contributed by atoms with E-state index in [9.17, 15) is 0 Å². The van der Waals surface area contributed by atoms with Crippen LogP contribution >= 0.6 is 24.0 Å². The van der Waals surface area contributed by atoms with Gasteiger partial charge in [-0.3, -0.25) is 4.99 Å². The van der Waals surface area contributed by atoms with Gasteiger partial charge < -0.3 is 20.1 Å². The number of nitrogens with one attached hydrogen (secondary N) is 2. The van der Waals surface area contributed by atoms with Crippen molar-refractivity contribution >= 4 is 29.9 Å². The van der Waals surface area contributed by atoms with Crippen molar-refractivity contribution < 1.29 is 9.47 Å². The summed E-state index contributed by atoms with van der Waals surface area (Å²) < 4.78 is 10.7. The number of aliphatic imine (C=N–C) groups is 1. The molecule has 19 heavy (non-hydrogen) atoms. The van der Waals surface area contributed by atoms with Crippen LogP contribution in [0.1, 0.15) is 33.1 Å². The normalized spacial score (nSPS) is 11.0. The number of unbranched alkanes of at least 4 members (excludes halogenated alkanes) is 1. The van der Waals surface area contributed by atoms with Gasteiger partial charge >= 0.3 is 0 Å². The molecule has 5 nitrogen and oxygen atoms in total. The molecule has 0 aromatic rings. The molecule has 0 bridgehead atoms. The summed E-state index contributed by atoms with van der Waals surface area (Å²) in [5.41, 5.74) is 0. The van der Waals surface area contributed by atoms with Crippen LogP contribution in [-0.2, 0) is 9.47 Å². The lowest BCUT2D eigenvalue weighted by Crippen LogP contribution is -2.39. The molecule has 0 aliphatic rings. The molecule has 0 aliphatic carbocycles. The Labute approximate surface area is 134 Å². The highest BCUT2D eigenvalue weighted by Gasteiger charge is 1.96. The van der Waals surface area contributed by atoms with Crippen molar-refractivity contribution in [3.05, 3.63) is 0 Å². The zero-order valence-corrected chi connectivity index (χ0v) is 14.9. The fraction of sp³-hybridized carbons (Fsp3) is 0.923. The molecule has 0 atom stereocenters. The molecule has 0 radical (unpaired) electrons. The minimum absolute atomic E-state index is 0. The van der Waals surface area contributed by atoms with Crippen LogP contribution in [0.4, 0.5) is 0 Å². The Morgan fingerprint density at radius 2 is 1.63 bits per heavy atom. The number of ether oxygens (including phenoxy) is 2. The van der Waals surface area contributed by atoms with Crippen LogP contribution in [-0.4, -0.2) is 52.5 Å². The van der Waals surface area contributed by atoms with Gasteiger partial charge in [-0.25, -0.2) is 0 Å². The third-order valence-corrected chi connectivity index (χ3v) is 2.37. The molecule has 116 valence electrons. The van der Waals surface area contributed by atoms with Gasteiger partial charge in [-0.05, 0) is 19.8 Å². The number of guanidine groups is 1. The van der Waals surface area contributed by atoms with E-state index in [4.69, 9.17) is 9.47 Å². The van der Waals surface area contributed by atoms with Crippen LogP contribution in [0, 0.1) is 0 Å². The van der Waals surface area contributed by atoms with Gasteiger partial charge in [0.1, 0.15) is 0 Å². The molecule has 0 unspecified atom stereocenters. The summed E-state index contributed by atoms with van der Waals surface area (Å²) >= 11 is 0. The van der Waals surface area contributed by atoms with E-state index >= 15 is 0 Å². The van der Waals surface area contributed by atoms with E-state index in [0.29, 0.717) is 0 Å². The van der Waals surface area contributed by atoms with Gasteiger partial charge in [-0.2, -0.15) is 0 Å². The van der Waals surface area contributed by atoms with Crippen molar-refractivity contribution in [3.8, 4) is 0 Å². The first-order valence-electron chi connectivity index (χ1n) is 6.95. The van der Waals surface area contributed by atoms with Gasteiger partial charge in [0.15, 0.2) is 5.96 Å². The van der Waals surface area contributed by atoms with E-state index in [0.717, 1.165) is 58.3 Å². The Balaban J connectivity index is 0. The molecule has 0 rings (SSSR count). The Morgan fingerprint density at radius 3 is 2.26 bits per heavy atom. The van der Waals surface area contributed by atoms with E-state index in [-0.39, 0.29) is 24.0 Å². The molecule has 0 saturated carbocycles. The summed E-state index contributed by atoms with van der Waals surface area (Å²) in [7, 11) is 1.77. The minimum atomic E-state index is 0. The van der Waals surface area contributed by atoms with E-state index < -0.39 is 0 Å². The predicted octanol–water partition coefficient (Wildman–Crippen LogP) is 2.01. The van der Waals surface area contributed by atoms with Gasteiger partial charge in [0.05, 0.1) is 6.61 Å². The zero-order valence-electron chi connectivity index (χ0n) is 12.5. The first-order valence-corrected chi connectivity index (χ1v) is 6.95. The van der Waals surface area contributed by atoms with E-state index in [1.54, 1.807) is 7.05 Å². The first-order chi connectivity index (χ1) is 8.85. The van der Waals surface area contributed by atoms with Crippen LogP contribution in [0.5, 0.6) is 0 Å². The Morgan fingerprint density at radius 1 is 0.947 bits per heavy atom. The maximum absolute atomic E-state index is 5.46. The Kier molecular flexibility index (Phi) is 20.0. The van der Waals surface area contributed by atoms with Gasteiger partial charge in [-0.1, -0.05) is 13.3 Å². The minimum Gasteiger partial charge on any atom is -0.382 e. The maximum atomic E-state index is 5.46. The molecule has 0 amide bonds. The molecule has 0 saturated heterocycles. The molecule has 0 aromatic heterocycles.